The third-order valence-corrected chi connectivity index (χ3v) is 11.6. The topological polar surface area (TPSA) is 298 Å². The minimum Gasteiger partial charge on any atom is -0.392 e. The molecule has 0 unspecified atom stereocenters. The summed E-state index contributed by atoms with van der Waals surface area (Å²) in [5.74, 6) is 0.873. The van der Waals surface area contributed by atoms with Crippen molar-refractivity contribution in [1.82, 2.24) is 94.7 Å². The normalized spacial score (nSPS) is 10.8. The van der Waals surface area contributed by atoms with E-state index in [1.165, 1.54) is 23.1 Å². The highest BCUT2D eigenvalue weighted by molar-refractivity contribution is 5.93. The van der Waals surface area contributed by atoms with Crippen LogP contribution in [0, 0.1) is 17.5 Å². The second-order valence-corrected chi connectivity index (χ2v) is 16.8. The van der Waals surface area contributed by atoms with Gasteiger partial charge in [-0.15, -0.1) is 5.10 Å². The zero-order valence-corrected chi connectivity index (χ0v) is 41.9. The summed E-state index contributed by atoms with van der Waals surface area (Å²) in [5.41, 5.74) is 4.99. The van der Waals surface area contributed by atoms with Crippen LogP contribution in [-0.2, 0) is 40.4 Å². The molecule has 0 aliphatic heterocycles. The monoisotopic (exact) mass is 1070 g/mol. The number of carbonyl (C=O) groups is 2. The van der Waals surface area contributed by atoms with Crippen LogP contribution in [0.4, 0.5) is 13.2 Å². The molecule has 0 aliphatic rings. The number of halogens is 3. The maximum Gasteiger partial charge on any atom is 0.373 e. The van der Waals surface area contributed by atoms with Crippen molar-refractivity contribution in [3.63, 3.8) is 0 Å². The molecular formula is C52H42F3N19O5. The fourth-order valence-corrected chi connectivity index (χ4v) is 7.91. The molecule has 0 fully saturated rings. The number of fused-ring (bicyclic) bond motifs is 3. The van der Waals surface area contributed by atoms with Gasteiger partial charge in [-0.25, -0.2) is 52.1 Å². The number of rotatable bonds is 13. The van der Waals surface area contributed by atoms with Crippen molar-refractivity contribution < 1.29 is 37.1 Å². The first kappa shape index (κ1) is 52.9. The van der Waals surface area contributed by atoms with Crippen LogP contribution < -0.4 is 4.74 Å². The molecule has 27 heteroatoms. The predicted molar refractivity (Wildman–Crippen MR) is 274 cm³/mol. The van der Waals surface area contributed by atoms with Crippen molar-refractivity contribution in [2.45, 2.75) is 33.0 Å². The standard InChI is InChI=1S/C18H16FN7O.C17H15FN6.C16H11FN6O2.CO2/c1-25(2)18(27)16-21-15(22-23-16)14-12-7-5-9-20-17(12)26(24-14)10-11-6-3-4-8-13(11)19;1-2-14-20-16(22-21-14)15-12-7-5-9-19-17(12)24(23-15)10-11-6-3-4-8-13(11)18;17-12-6-2-1-4-10(12)8-23-15-11(5-3-7-18-15)13(22-23)14-19-16(21-20-14)25-9-24;2-1-3/h3-9H,10H2,1-2H3,(H,21,22,23);3-9H,2,10H2,1H3,(H,20,21,22);1-7,9H,8H2,(H,19,20,21);. The number of ether oxygens (including phenoxy) is 1. The van der Waals surface area contributed by atoms with E-state index in [9.17, 15) is 22.8 Å². The molecule has 0 saturated heterocycles. The van der Waals surface area contributed by atoms with E-state index in [0.29, 0.717) is 74.3 Å². The lowest BCUT2D eigenvalue weighted by Crippen LogP contribution is -2.22. The van der Waals surface area contributed by atoms with Gasteiger partial charge in [0, 0.05) is 55.8 Å². The molecule has 1 amide bonds. The Morgan fingerprint density at radius 3 is 1.44 bits per heavy atom. The highest BCUT2D eigenvalue weighted by atomic mass is 19.1. The Kier molecular flexibility index (Phi) is 16.2. The van der Waals surface area contributed by atoms with Crippen LogP contribution in [-0.4, -0.2) is 127 Å². The summed E-state index contributed by atoms with van der Waals surface area (Å²) in [7, 11) is 3.26. The maximum absolute atomic E-state index is 14.0. The van der Waals surface area contributed by atoms with Gasteiger partial charge in [0.2, 0.25) is 17.5 Å². The predicted octanol–water partition coefficient (Wildman–Crippen LogP) is 6.43. The van der Waals surface area contributed by atoms with Crippen LogP contribution >= 0.6 is 0 Å². The second kappa shape index (κ2) is 24.2. The van der Waals surface area contributed by atoms with E-state index in [2.05, 4.69) is 80.5 Å². The van der Waals surface area contributed by atoms with Gasteiger partial charge in [-0.3, -0.25) is 24.9 Å². The van der Waals surface area contributed by atoms with Gasteiger partial charge in [0.05, 0.1) is 35.8 Å². The molecular weight excluding hydrogens is 1030 g/mol. The number of aryl methyl sites for hydroxylation is 1. The Hall–Kier alpha value is -11.0. The number of nitrogens with one attached hydrogen (secondary N) is 3. The highest BCUT2D eigenvalue weighted by Crippen LogP contribution is 2.28. The van der Waals surface area contributed by atoms with Gasteiger partial charge in [-0.1, -0.05) is 61.5 Å². The number of hydrogen-bond donors (Lipinski definition) is 3. The van der Waals surface area contributed by atoms with Crippen molar-refractivity contribution in [2.75, 3.05) is 14.1 Å². The van der Waals surface area contributed by atoms with Crippen LogP contribution in [0.1, 0.15) is 40.1 Å². The van der Waals surface area contributed by atoms with E-state index in [1.807, 2.05) is 31.2 Å². The molecule has 9 aromatic heterocycles. The maximum atomic E-state index is 14.0. The van der Waals surface area contributed by atoms with Gasteiger partial charge < -0.3 is 9.64 Å². The molecule has 0 radical (unpaired) electrons. The zero-order chi connectivity index (χ0) is 55.4. The minimum absolute atomic E-state index is 0.106. The Morgan fingerprint density at radius 2 is 1.01 bits per heavy atom. The first-order valence-corrected chi connectivity index (χ1v) is 23.7. The number of amides is 1. The van der Waals surface area contributed by atoms with Crippen LogP contribution in [0.2, 0.25) is 0 Å². The van der Waals surface area contributed by atoms with Crippen molar-refractivity contribution in [1.29, 1.82) is 0 Å². The molecule has 396 valence electrons. The van der Waals surface area contributed by atoms with Crippen LogP contribution in [0.5, 0.6) is 6.01 Å². The summed E-state index contributed by atoms with van der Waals surface area (Å²) in [5, 5.41) is 36.2. The molecule has 3 N–H and O–H groups in total. The van der Waals surface area contributed by atoms with E-state index < -0.39 is 0 Å². The highest BCUT2D eigenvalue weighted by Gasteiger charge is 2.22. The summed E-state index contributed by atoms with van der Waals surface area (Å²) >= 11 is 0. The van der Waals surface area contributed by atoms with E-state index in [0.717, 1.165) is 23.0 Å². The number of hydrogen-bond acceptors (Lipinski definition) is 17. The van der Waals surface area contributed by atoms with Gasteiger partial charge in [-0.05, 0) is 54.6 Å². The number of carbonyl (C=O) groups excluding carboxylic acids is 4. The molecule has 0 saturated carbocycles. The average molecular weight is 1070 g/mol. The van der Waals surface area contributed by atoms with Gasteiger partial charge in [0.25, 0.3) is 5.91 Å². The number of aromatic amines is 3. The van der Waals surface area contributed by atoms with E-state index in [4.69, 9.17) is 9.59 Å². The molecule has 24 nitrogen and oxygen atoms in total. The number of pyridine rings is 3. The molecule has 0 aliphatic carbocycles. The fourth-order valence-electron chi connectivity index (χ4n) is 7.91. The van der Waals surface area contributed by atoms with E-state index >= 15 is 0 Å². The lowest BCUT2D eigenvalue weighted by molar-refractivity contribution is -0.191. The molecule has 12 rings (SSSR count). The van der Waals surface area contributed by atoms with Crippen LogP contribution in [0.25, 0.3) is 67.7 Å². The van der Waals surface area contributed by atoms with E-state index in [-0.39, 0.29) is 66.7 Å². The molecule has 0 spiro atoms. The van der Waals surface area contributed by atoms with Gasteiger partial charge >= 0.3 is 18.6 Å². The average Bonchev–Trinajstić information content (AvgIpc) is 4.44. The minimum atomic E-state index is -0.315. The SMILES string of the molecule is CCc1nc(-c2nn(Cc3ccccc3F)c3ncccc23)n[nH]1.CN(C)C(=O)c1nc(-c2nn(Cc3ccccc3F)c3ncccc23)n[nH]1.O=C=O.O=COc1n[nH]c(-c2nn(Cc3ccccc3F)c3ncccc23)n1. The first-order valence-electron chi connectivity index (χ1n) is 23.7. The quantitative estimate of drug-likeness (QED) is 0.105. The zero-order valence-electron chi connectivity index (χ0n) is 41.9. The Morgan fingerprint density at radius 1 is 0.582 bits per heavy atom. The second-order valence-electron chi connectivity index (χ2n) is 16.8. The van der Waals surface area contributed by atoms with Crippen LogP contribution in [0.15, 0.2) is 128 Å². The van der Waals surface area contributed by atoms with Crippen molar-refractivity contribution in [3.05, 3.63) is 174 Å². The Bertz CT molecular complexity index is 4120. The summed E-state index contributed by atoms with van der Waals surface area (Å²) in [6.07, 6.45) is 5.98. The number of nitrogens with zero attached hydrogens (tertiary/aromatic N) is 16. The Labute approximate surface area is 443 Å². The fraction of sp³-hybridized carbons (Fsp3) is 0.135. The van der Waals surface area contributed by atoms with Crippen molar-refractivity contribution in [2.24, 2.45) is 0 Å². The summed E-state index contributed by atoms with van der Waals surface area (Å²) < 4.78 is 51.4. The van der Waals surface area contributed by atoms with Gasteiger partial charge in [0.1, 0.15) is 40.4 Å². The Balaban J connectivity index is 0.000000140. The van der Waals surface area contributed by atoms with Crippen molar-refractivity contribution in [3.8, 4) is 40.6 Å². The molecule has 0 atom stereocenters. The van der Waals surface area contributed by atoms with Crippen LogP contribution in [0.3, 0.4) is 0 Å². The number of benzene rings is 3. The van der Waals surface area contributed by atoms with E-state index in [1.54, 1.807) is 113 Å². The van der Waals surface area contributed by atoms with Gasteiger partial charge in [0.15, 0.2) is 22.8 Å². The third-order valence-electron chi connectivity index (χ3n) is 11.6. The van der Waals surface area contributed by atoms with Gasteiger partial charge in [-0.2, -0.15) is 40.1 Å². The lowest BCUT2D eigenvalue weighted by atomic mass is 10.2. The summed E-state index contributed by atoms with van der Waals surface area (Å²) in [6, 6.07) is 30.5. The molecule has 12 aromatic rings. The molecule has 79 heavy (non-hydrogen) atoms. The molecule has 0 bridgehead atoms. The third kappa shape index (κ3) is 11.8. The summed E-state index contributed by atoms with van der Waals surface area (Å²) in [6.45, 7) is 2.97. The smallest absolute Gasteiger partial charge is 0.373 e. The lowest BCUT2D eigenvalue weighted by Gasteiger charge is -2.05. The molecule has 9 heterocycles. The number of aromatic nitrogens is 18. The first-order chi connectivity index (χ1) is 38.5. The summed E-state index contributed by atoms with van der Waals surface area (Å²) in [4.78, 5) is 65.9. The molecule has 3 aromatic carbocycles. The van der Waals surface area contributed by atoms with Crippen molar-refractivity contribution >= 4 is 51.6 Å². The number of H-pyrrole nitrogens is 3. The largest absolute Gasteiger partial charge is 0.392 e.